The van der Waals surface area contributed by atoms with Crippen LogP contribution in [-0.2, 0) is 0 Å². The summed E-state index contributed by atoms with van der Waals surface area (Å²) in [6, 6.07) is 11.0. The molecule has 1 aromatic heterocycles. The van der Waals surface area contributed by atoms with Crippen LogP contribution in [0.1, 0.15) is 21.7 Å². The van der Waals surface area contributed by atoms with Crippen LogP contribution in [0, 0.1) is 10.7 Å². The zero-order valence-electron chi connectivity index (χ0n) is 9.68. The highest BCUT2D eigenvalue weighted by Gasteiger charge is 2.06. The highest BCUT2D eigenvalue weighted by molar-refractivity contribution is 14.1. The van der Waals surface area contributed by atoms with Crippen molar-refractivity contribution in [1.82, 2.24) is 5.43 Å². The molecule has 18 heavy (non-hydrogen) atoms. The van der Waals surface area contributed by atoms with Crippen LogP contribution in [0.2, 0.25) is 0 Å². The number of furan rings is 1. The first kappa shape index (κ1) is 12.8. The minimum atomic E-state index is -0.231. The Morgan fingerprint density at radius 2 is 2.11 bits per heavy atom. The standard InChI is InChI=1S/C13H11IN2O2/c1-9-4-2-3-5-11(9)13(17)16-15-8-10-6-7-12(14)18-10/h2-8H,1H3,(H,16,17)/b15-8+. The second-order valence-corrected chi connectivity index (χ2v) is 4.72. The summed E-state index contributed by atoms with van der Waals surface area (Å²) in [6.07, 6.45) is 1.47. The largest absolute Gasteiger partial charge is 0.449 e. The fourth-order valence-corrected chi connectivity index (χ4v) is 1.87. The molecule has 4 nitrogen and oxygen atoms in total. The highest BCUT2D eigenvalue weighted by Crippen LogP contribution is 2.08. The quantitative estimate of drug-likeness (QED) is 0.524. The van der Waals surface area contributed by atoms with Gasteiger partial charge in [0.2, 0.25) is 0 Å². The highest BCUT2D eigenvalue weighted by atomic mass is 127. The van der Waals surface area contributed by atoms with Crippen LogP contribution < -0.4 is 5.43 Å². The molecular weight excluding hydrogens is 343 g/mol. The average molecular weight is 354 g/mol. The number of halogens is 1. The van der Waals surface area contributed by atoms with Gasteiger partial charge in [-0.1, -0.05) is 18.2 Å². The molecule has 0 aliphatic carbocycles. The third-order valence-corrected chi connectivity index (χ3v) is 2.92. The number of hydrogen-bond donors (Lipinski definition) is 1. The summed E-state index contributed by atoms with van der Waals surface area (Å²) in [4.78, 5) is 11.8. The number of hydrazone groups is 1. The Kier molecular flexibility index (Phi) is 4.14. The topological polar surface area (TPSA) is 54.6 Å². The van der Waals surface area contributed by atoms with E-state index in [0.29, 0.717) is 11.3 Å². The molecule has 1 heterocycles. The van der Waals surface area contributed by atoms with Crippen molar-refractivity contribution in [1.29, 1.82) is 0 Å². The number of hydrogen-bond acceptors (Lipinski definition) is 3. The smallest absolute Gasteiger partial charge is 0.271 e. The summed E-state index contributed by atoms with van der Waals surface area (Å²) in [7, 11) is 0. The van der Waals surface area contributed by atoms with Crippen molar-refractivity contribution in [3.05, 3.63) is 57.1 Å². The van der Waals surface area contributed by atoms with Gasteiger partial charge in [0.05, 0.1) is 6.21 Å². The van der Waals surface area contributed by atoms with Crippen LogP contribution in [-0.4, -0.2) is 12.1 Å². The number of rotatable bonds is 3. The molecule has 5 heteroatoms. The third kappa shape index (κ3) is 3.19. The maximum Gasteiger partial charge on any atom is 0.271 e. The summed E-state index contributed by atoms with van der Waals surface area (Å²) in [5.74, 6) is 0.370. The van der Waals surface area contributed by atoms with Crippen molar-refractivity contribution < 1.29 is 9.21 Å². The van der Waals surface area contributed by atoms with Gasteiger partial charge in [-0.2, -0.15) is 5.10 Å². The first-order valence-corrected chi connectivity index (χ1v) is 6.39. The summed E-state index contributed by atoms with van der Waals surface area (Å²) < 4.78 is 6.06. The van der Waals surface area contributed by atoms with Crippen LogP contribution in [0.25, 0.3) is 0 Å². The van der Waals surface area contributed by atoms with Gasteiger partial charge in [0, 0.05) is 5.56 Å². The fraction of sp³-hybridized carbons (Fsp3) is 0.0769. The van der Waals surface area contributed by atoms with E-state index in [2.05, 4.69) is 33.1 Å². The van der Waals surface area contributed by atoms with Gasteiger partial charge in [0.15, 0.2) is 3.77 Å². The molecule has 0 unspecified atom stereocenters. The number of aryl methyl sites for hydroxylation is 1. The Balaban J connectivity index is 2.01. The van der Waals surface area contributed by atoms with E-state index in [1.807, 2.05) is 31.2 Å². The van der Waals surface area contributed by atoms with E-state index in [9.17, 15) is 4.79 Å². The van der Waals surface area contributed by atoms with E-state index in [4.69, 9.17) is 4.42 Å². The Hall–Kier alpha value is -1.63. The van der Waals surface area contributed by atoms with Gasteiger partial charge in [0.25, 0.3) is 5.91 Å². The van der Waals surface area contributed by atoms with Crippen molar-refractivity contribution in [2.45, 2.75) is 6.92 Å². The maximum absolute atomic E-state index is 11.8. The normalized spacial score (nSPS) is 10.8. The van der Waals surface area contributed by atoms with E-state index in [1.54, 1.807) is 12.1 Å². The average Bonchev–Trinajstić information content (AvgIpc) is 2.75. The number of carbonyl (C=O) groups is 1. The zero-order valence-corrected chi connectivity index (χ0v) is 11.8. The Bertz CT molecular complexity index is 590. The molecule has 0 spiro atoms. The van der Waals surface area contributed by atoms with Crippen molar-refractivity contribution >= 4 is 34.7 Å². The van der Waals surface area contributed by atoms with Crippen LogP contribution in [0.15, 0.2) is 45.9 Å². The predicted octanol–water partition coefficient (Wildman–Crippen LogP) is 2.96. The number of amides is 1. The number of nitrogens with zero attached hydrogens (tertiary/aromatic N) is 1. The summed E-state index contributed by atoms with van der Waals surface area (Å²) in [6.45, 7) is 1.88. The van der Waals surface area contributed by atoms with E-state index < -0.39 is 0 Å². The predicted molar refractivity (Wildman–Crippen MR) is 77.7 cm³/mol. The third-order valence-electron chi connectivity index (χ3n) is 2.34. The van der Waals surface area contributed by atoms with Crippen LogP contribution in [0.3, 0.4) is 0 Å². The van der Waals surface area contributed by atoms with E-state index >= 15 is 0 Å². The van der Waals surface area contributed by atoms with Gasteiger partial charge in [-0.3, -0.25) is 4.79 Å². The van der Waals surface area contributed by atoms with Gasteiger partial charge >= 0.3 is 0 Å². The summed E-state index contributed by atoms with van der Waals surface area (Å²) in [5, 5.41) is 3.85. The molecule has 1 N–H and O–H groups in total. The first-order valence-electron chi connectivity index (χ1n) is 5.31. The molecule has 0 saturated carbocycles. The second kappa shape index (κ2) is 5.81. The molecule has 92 valence electrons. The van der Waals surface area contributed by atoms with E-state index in [-0.39, 0.29) is 5.91 Å². The van der Waals surface area contributed by atoms with Gasteiger partial charge in [0.1, 0.15) is 5.76 Å². The molecular formula is C13H11IN2O2. The molecule has 0 bridgehead atoms. The molecule has 2 aromatic rings. The Labute approximate surface area is 118 Å². The SMILES string of the molecule is Cc1ccccc1C(=O)N/N=C/c1ccc(I)o1. The molecule has 1 amide bonds. The molecule has 1 aromatic carbocycles. The molecule has 2 rings (SSSR count). The van der Waals surface area contributed by atoms with Crippen molar-refractivity contribution in [3.63, 3.8) is 0 Å². The van der Waals surface area contributed by atoms with Gasteiger partial charge in [-0.05, 0) is 53.3 Å². The number of nitrogens with one attached hydrogen (secondary N) is 1. The molecule has 0 atom stereocenters. The van der Waals surface area contributed by atoms with Crippen LogP contribution >= 0.6 is 22.6 Å². The van der Waals surface area contributed by atoms with Crippen molar-refractivity contribution in [2.75, 3.05) is 0 Å². The molecule has 0 fully saturated rings. The number of carbonyl (C=O) groups excluding carboxylic acids is 1. The Morgan fingerprint density at radius 3 is 2.78 bits per heavy atom. The lowest BCUT2D eigenvalue weighted by molar-refractivity contribution is 0.0954. The summed E-state index contributed by atoms with van der Waals surface area (Å²) in [5.41, 5.74) is 3.99. The lowest BCUT2D eigenvalue weighted by atomic mass is 10.1. The monoisotopic (exact) mass is 354 g/mol. The Morgan fingerprint density at radius 1 is 1.33 bits per heavy atom. The number of benzene rings is 1. The van der Waals surface area contributed by atoms with Gasteiger partial charge < -0.3 is 4.42 Å². The van der Waals surface area contributed by atoms with Crippen molar-refractivity contribution in [2.24, 2.45) is 5.10 Å². The van der Waals surface area contributed by atoms with E-state index in [0.717, 1.165) is 9.33 Å². The minimum Gasteiger partial charge on any atom is -0.449 e. The first-order chi connectivity index (χ1) is 8.66. The van der Waals surface area contributed by atoms with E-state index in [1.165, 1.54) is 6.21 Å². The molecule has 0 saturated heterocycles. The zero-order chi connectivity index (χ0) is 13.0. The fourth-order valence-electron chi connectivity index (χ4n) is 1.44. The minimum absolute atomic E-state index is 0.231. The maximum atomic E-state index is 11.8. The van der Waals surface area contributed by atoms with Crippen LogP contribution in [0.4, 0.5) is 0 Å². The molecule has 0 radical (unpaired) electrons. The van der Waals surface area contributed by atoms with Crippen LogP contribution in [0.5, 0.6) is 0 Å². The molecule has 0 aliphatic heterocycles. The lowest BCUT2D eigenvalue weighted by Gasteiger charge is -2.02. The summed E-state index contributed by atoms with van der Waals surface area (Å²) >= 11 is 2.06. The molecule has 0 aliphatic rings. The van der Waals surface area contributed by atoms with Crippen molar-refractivity contribution in [3.8, 4) is 0 Å². The lowest BCUT2D eigenvalue weighted by Crippen LogP contribution is -2.18. The van der Waals surface area contributed by atoms with Gasteiger partial charge in [-0.25, -0.2) is 5.43 Å². The van der Waals surface area contributed by atoms with Gasteiger partial charge in [-0.15, -0.1) is 0 Å². The second-order valence-electron chi connectivity index (χ2n) is 3.66.